The average molecular weight is 370 g/mol. The zero-order chi connectivity index (χ0) is 17.8. The van der Waals surface area contributed by atoms with Crippen molar-refractivity contribution in [3.63, 3.8) is 0 Å². The van der Waals surface area contributed by atoms with E-state index in [1.807, 2.05) is 18.7 Å². The molecule has 3 aliphatic rings. The largest absolute Gasteiger partial charge is 0.389 e. The number of nitrogens with one attached hydrogen (secondary N) is 1. The molecule has 1 unspecified atom stereocenters. The van der Waals surface area contributed by atoms with Crippen molar-refractivity contribution in [1.29, 1.82) is 0 Å². The Morgan fingerprint density at radius 1 is 1.24 bits per heavy atom. The molecule has 3 aliphatic heterocycles. The van der Waals surface area contributed by atoms with E-state index in [1.54, 1.807) is 7.11 Å². The van der Waals surface area contributed by atoms with Gasteiger partial charge in [0.2, 0.25) is 5.95 Å². The number of hydrogen-bond donors (Lipinski definition) is 2. The summed E-state index contributed by atoms with van der Waals surface area (Å²) in [4.78, 5) is 12.7. The molecule has 0 radical (unpaired) electrons. The van der Waals surface area contributed by atoms with Gasteiger partial charge in [-0.3, -0.25) is 0 Å². The highest BCUT2D eigenvalue weighted by Gasteiger charge is 2.41. The van der Waals surface area contributed by atoms with Gasteiger partial charge in [0.15, 0.2) is 22.7 Å². The van der Waals surface area contributed by atoms with E-state index >= 15 is 0 Å². The molecular formula is C17H29N4O3S+. The maximum absolute atomic E-state index is 9.54. The van der Waals surface area contributed by atoms with Crippen LogP contribution >= 0.6 is 0 Å². The Morgan fingerprint density at radius 2 is 1.96 bits per heavy atom. The predicted molar refractivity (Wildman–Crippen MR) is 100 cm³/mol. The molecule has 4 heterocycles. The van der Waals surface area contributed by atoms with Crippen LogP contribution in [0.25, 0.3) is 0 Å². The van der Waals surface area contributed by atoms with Crippen molar-refractivity contribution in [1.82, 2.24) is 9.97 Å². The lowest BCUT2D eigenvalue weighted by Crippen LogP contribution is -2.51. The zero-order valence-electron chi connectivity index (χ0n) is 15.3. The van der Waals surface area contributed by atoms with Crippen LogP contribution in [0, 0.1) is 0 Å². The summed E-state index contributed by atoms with van der Waals surface area (Å²) in [5.41, 5.74) is 1.09. The lowest BCUT2D eigenvalue weighted by Gasteiger charge is -2.36. The molecule has 8 heteroatoms. The molecule has 0 bridgehead atoms. The van der Waals surface area contributed by atoms with Crippen LogP contribution in [0.2, 0.25) is 0 Å². The summed E-state index contributed by atoms with van der Waals surface area (Å²) in [6.07, 6.45) is 2.67. The fraction of sp³-hybridized carbons (Fsp3) is 0.765. The highest BCUT2D eigenvalue weighted by Crippen LogP contribution is 2.35. The second-order valence-electron chi connectivity index (χ2n) is 6.20. The summed E-state index contributed by atoms with van der Waals surface area (Å²) in [5, 5.41) is 13.1. The van der Waals surface area contributed by atoms with Crippen molar-refractivity contribution in [3.05, 3.63) is 5.69 Å². The summed E-state index contributed by atoms with van der Waals surface area (Å²) in [6, 6.07) is 0.389. The molecule has 2 fully saturated rings. The fourth-order valence-corrected chi connectivity index (χ4v) is 4.89. The topological polar surface area (TPSA) is 79.7 Å². The number of aliphatic hydroxyl groups excluding tert-OH is 1. The van der Waals surface area contributed by atoms with E-state index < -0.39 is 0 Å². The van der Waals surface area contributed by atoms with Crippen molar-refractivity contribution >= 4 is 22.9 Å². The first-order valence-corrected chi connectivity index (χ1v) is 10.5. The SMILES string of the molecule is CC.CO[S+]1CCc2nc(N3CC(O)C3)nc(NC3CCOCC3)c21. The lowest BCUT2D eigenvalue weighted by atomic mass is 10.1. The van der Waals surface area contributed by atoms with Crippen LogP contribution in [0.4, 0.5) is 11.8 Å². The van der Waals surface area contributed by atoms with Gasteiger partial charge in [0.1, 0.15) is 5.69 Å². The lowest BCUT2D eigenvalue weighted by molar-refractivity contribution is 0.0903. The highest BCUT2D eigenvalue weighted by atomic mass is 32.2. The molecule has 25 heavy (non-hydrogen) atoms. The molecule has 2 saturated heterocycles. The molecule has 0 spiro atoms. The first kappa shape index (κ1) is 18.7. The standard InChI is InChI=1S/C15H23N4O3S.C2H6/c1-21-23-7-4-12-13(23)14(16-10-2-5-22-6-3-10)18-15(17-12)19-8-11(20)9-19;1-2/h10-11,20H,2-9H2,1H3,(H,16,17,18);1-2H3/q+1;. The van der Waals surface area contributed by atoms with Crippen molar-refractivity contribution in [3.8, 4) is 0 Å². The van der Waals surface area contributed by atoms with E-state index in [1.165, 1.54) is 0 Å². The van der Waals surface area contributed by atoms with Crippen molar-refractivity contribution in [2.24, 2.45) is 0 Å². The third kappa shape index (κ3) is 4.02. The molecule has 2 N–H and O–H groups in total. The van der Waals surface area contributed by atoms with Gasteiger partial charge in [-0.2, -0.15) is 9.17 Å². The third-order valence-corrected chi connectivity index (χ3v) is 6.45. The fourth-order valence-electron chi connectivity index (χ4n) is 3.24. The second kappa shape index (κ2) is 8.53. The maximum Gasteiger partial charge on any atom is 0.253 e. The minimum absolute atomic E-state index is 0.224. The molecule has 4 rings (SSSR count). The number of nitrogens with zero attached hydrogens (tertiary/aromatic N) is 3. The second-order valence-corrected chi connectivity index (χ2v) is 8.05. The van der Waals surface area contributed by atoms with Gasteiger partial charge in [0.25, 0.3) is 4.90 Å². The van der Waals surface area contributed by atoms with Gasteiger partial charge in [-0.1, -0.05) is 13.8 Å². The van der Waals surface area contributed by atoms with Crippen LogP contribution in [0.5, 0.6) is 0 Å². The van der Waals surface area contributed by atoms with Gasteiger partial charge >= 0.3 is 0 Å². The summed E-state index contributed by atoms with van der Waals surface area (Å²) >= 11 is -0.224. The summed E-state index contributed by atoms with van der Waals surface area (Å²) in [6.45, 7) is 6.83. The van der Waals surface area contributed by atoms with Gasteiger partial charge < -0.3 is 20.1 Å². The summed E-state index contributed by atoms with van der Waals surface area (Å²) < 4.78 is 11.1. The number of aryl methyl sites for hydroxylation is 1. The number of aromatic nitrogens is 2. The minimum atomic E-state index is -0.257. The third-order valence-electron chi connectivity index (χ3n) is 4.58. The van der Waals surface area contributed by atoms with Gasteiger partial charge in [0, 0.05) is 38.8 Å². The van der Waals surface area contributed by atoms with E-state index in [0.29, 0.717) is 19.1 Å². The van der Waals surface area contributed by atoms with Crippen molar-refractivity contribution in [2.75, 3.05) is 49.4 Å². The average Bonchev–Trinajstić information content (AvgIpc) is 3.05. The van der Waals surface area contributed by atoms with E-state index in [-0.39, 0.29) is 17.3 Å². The molecular weight excluding hydrogens is 340 g/mol. The first-order valence-electron chi connectivity index (χ1n) is 9.18. The van der Waals surface area contributed by atoms with Gasteiger partial charge in [-0.05, 0) is 12.8 Å². The Morgan fingerprint density at radius 3 is 2.60 bits per heavy atom. The van der Waals surface area contributed by atoms with Crippen LogP contribution in [-0.4, -0.2) is 66.4 Å². The van der Waals surface area contributed by atoms with Crippen LogP contribution in [0.15, 0.2) is 4.90 Å². The molecule has 0 saturated carbocycles. The molecule has 0 aromatic carbocycles. The number of hydrogen-bond acceptors (Lipinski definition) is 7. The Balaban J connectivity index is 0.000000880. The van der Waals surface area contributed by atoms with Gasteiger partial charge in [-0.25, -0.2) is 4.98 Å². The van der Waals surface area contributed by atoms with E-state index in [9.17, 15) is 5.11 Å². The summed E-state index contributed by atoms with van der Waals surface area (Å²) in [7, 11) is 1.76. The summed E-state index contributed by atoms with van der Waals surface area (Å²) in [5.74, 6) is 2.63. The Hall–Kier alpha value is -1.09. The quantitative estimate of drug-likeness (QED) is 0.776. The maximum atomic E-state index is 9.54. The Kier molecular flexibility index (Phi) is 6.38. The number of fused-ring (bicyclic) bond motifs is 1. The van der Waals surface area contributed by atoms with E-state index in [2.05, 4.69) is 5.32 Å². The number of β-amino-alcohol motifs (C(OH)–C–C–N with tert-alkyl or cyclic N) is 1. The predicted octanol–water partition coefficient (Wildman–Crippen LogP) is 1.37. The van der Waals surface area contributed by atoms with Crippen LogP contribution in [0.3, 0.4) is 0 Å². The van der Waals surface area contributed by atoms with Crippen molar-refractivity contribution in [2.45, 2.75) is 50.2 Å². The van der Waals surface area contributed by atoms with E-state index in [4.69, 9.17) is 18.9 Å². The first-order chi connectivity index (χ1) is 12.2. The number of ether oxygens (including phenoxy) is 1. The van der Waals surface area contributed by atoms with Crippen LogP contribution in [0.1, 0.15) is 32.4 Å². The molecule has 0 aliphatic carbocycles. The molecule has 1 atom stereocenters. The minimum Gasteiger partial charge on any atom is -0.389 e. The molecule has 140 valence electrons. The Labute approximate surface area is 152 Å². The van der Waals surface area contributed by atoms with Crippen molar-refractivity contribution < 1.29 is 14.0 Å². The number of rotatable bonds is 4. The molecule has 1 aromatic rings. The molecule has 0 amide bonds. The monoisotopic (exact) mass is 369 g/mol. The van der Waals surface area contributed by atoms with Crippen LogP contribution in [-0.2, 0) is 26.5 Å². The Bertz CT molecular complexity index is 577. The van der Waals surface area contributed by atoms with Gasteiger partial charge in [0.05, 0.1) is 13.2 Å². The zero-order valence-corrected chi connectivity index (χ0v) is 16.1. The number of aliphatic hydroxyl groups is 1. The molecule has 7 nitrogen and oxygen atoms in total. The van der Waals surface area contributed by atoms with Gasteiger partial charge in [-0.15, -0.1) is 0 Å². The molecule has 1 aromatic heterocycles. The highest BCUT2D eigenvalue weighted by molar-refractivity contribution is 7.92. The van der Waals surface area contributed by atoms with Crippen LogP contribution < -0.4 is 10.2 Å². The smallest absolute Gasteiger partial charge is 0.253 e. The number of anilines is 2. The normalized spacial score (nSPS) is 23.5. The van der Waals surface area contributed by atoms with E-state index in [0.717, 1.165) is 60.6 Å².